The van der Waals surface area contributed by atoms with Gasteiger partial charge in [0, 0.05) is 11.9 Å². The fourth-order valence-electron chi connectivity index (χ4n) is 4.49. The number of methoxy groups -OCH3 is 3. The Hall–Kier alpha value is -3.03. The molecule has 1 fully saturated rings. The predicted molar refractivity (Wildman–Crippen MR) is 122 cm³/mol. The summed E-state index contributed by atoms with van der Waals surface area (Å²) in [5, 5.41) is 3.54. The van der Waals surface area contributed by atoms with E-state index < -0.39 is 23.0 Å². The van der Waals surface area contributed by atoms with Crippen LogP contribution in [0.1, 0.15) is 62.2 Å². The molecule has 174 valence electrons. The molecular formula is C24H32N2O6. The number of ether oxygens (including phenoxy) is 3. The molecule has 0 atom stereocenters. The number of unbranched alkanes of at least 4 members (excludes halogenated alkanes) is 1. The number of carbonyl (C=O) groups is 2. The number of aromatic nitrogens is 1. The first-order valence-electron chi connectivity index (χ1n) is 11.1. The first-order chi connectivity index (χ1) is 15.4. The lowest BCUT2D eigenvalue weighted by Crippen LogP contribution is -2.56. The molecule has 2 aromatic rings. The maximum atomic E-state index is 13.5. The van der Waals surface area contributed by atoms with Crippen LogP contribution in [0.2, 0.25) is 0 Å². The van der Waals surface area contributed by atoms with Crippen molar-refractivity contribution in [3.05, 3.63) is 34.1 Å². The summed E-state index contributed by atoms with van der Waals surface area (Å²) in [6.07, 6.45) is 5.24. The first-order valence-corrected chi connectivity index (χ1v) is 11.1. The van der Waals surface area contributed by atoms with Gasteiger partial charge in [-0.1, -0.05) is 32.6 Å². The smallest absolute Gasteiger partial charge is 0.331 e. The average molecular weight is 445 g/mol. The Morgan fingerprint density at radius 2 is 1.81 bits per heavy atom. The Morgan fingerprint density at radius 3 is 2.41 bits per heavy atom. The lowest BCUT2D eigenvalue weighted by molar-refractivity contribution is -0.149. The van der Waals surface area contributed by atoms with Crippen LogP contribution in [0.3, 0.4) is 0 Å². The number of benzene rings is 1. The summed E-state index contributed by atoms with van der Waals surface area (Å²) < 4.78 is 17.5. The zero-order valence-electron chi connectivity index (χ0n) is 19.3. The van der Waals surface area contributed by atoms with Crippen molar-refractivity contribution in [3.8, 4) is 11.5 Å². The largest absolute Gasteiger partial charge is 0.493 e. The molecule has 1 aliphatic carbocycles. The maximum absolute atomic E-state index is 13.5. The van der Waals surface area contributed by atoms with Gasteiger partial charge in [-0.15, -0.1) is 0 Å². The van der Waals surface area contributed by atoms with E-state index in [1.165, 1.54) is 21.3 Å². The standard InChI is InChI=1S/C24H32N2O6/c1-5-6-14-26-19-16(10-11-18(30-2)20(19)31-3)15-17(22(26)28)21(27)25-24(23(29)32-4)12-8-7-9-13-24/h10-11,15H,5-9,12-14H2,1-4H3,(H,25,27). The van der Waals surface area contributed by atoms with Crippen molar-refractivity contribution in [1.29, 1.82) is 0 Å². The number of carbonyl (C=O) groups excluding carboxylic acids is 2. The fourth-order valence-corrected chi connectivity index (χ4v) is 4.49. The highest BCUT2D eigenvalue weighted by Gasteiger charge is 2.42. The van der Waals surface area contributed by atoms with E-state index >= 15 is 0 Å². The predicted octanol–water partition coefficient (Wildman–Crippen LogP) is 3.42. The van der Waals surface area contributed by atoms with Crippen LogP contribution in [0.4, 0.5) is 0 Å². The molecular weight excluding hydrogens is 412 g/mol. The third kappa shape index (κ3) is 4.31. The third-order valence-electron chi connectivity index (χ3n) is 6.21. The second-order valence-corrected chi connectivity index (χ2v) is 8.20. The number of aryl methyl sites for hydroxylation is 1. The van der Waals surface area contributed by atoms with Crippen LogP contribution in [0.25, 0.3) is 10.9 Å². The van der Waals surface area contributed by atoms with E-state index in [0.717, 1.165) is 32.1 Å². The maximum Gasteiger partial charge on any atom is 0.331 e. The summed E-state index contributed by atoms with van der Waals surface area (Å²) in [6.45, 7) is 2.46. The molecule has 8 nitrogen and oxygen atoms in total. The van der Waals surface area contributed by atoms with Crippen molar-refractivity contribution in [2.45, 2.75) is 64.0 Å². The minimum Gasteiger partial charge on any atom is -0.493 e. The topological polar surface area (TPSA) is 95.9 Å². The van der Waals surface area contributed by atoms with Gasteiger partial charge in [-0.25, -0.2) is 4.79 Å². The van der Waals surface area contributed by atoms with E-state index in [1.807, 2.05) is 6.92 Å². The number of rotatable bonds is 8. The van der Waals surface area contributed by atoms with Crippen LogP contribution in [0.5, 0.6) is 11.5 Å². The van der Waals surface area contributed by atoms with Gasteiger partial charge in [-0.05, 0) is 37.5 Å². The van der Waals surface area contributed by atoms with Crippen LogP contribution in [-0.2, 0) is 16.1 Å². The molecule has 1 N–H and O–H groups in total. The molecule has 1 aliphatic rings. The van der Waals surface area contributed by atoms with E-state index in [2.05, 4.69) is 5.32 Å². The molecule has 1 heterocycles. The van der Waals surface area contributed by atoms with Crippen molar-refractivity contribution < 1.29 is 23.8 Å². The van der Waals surface area contributed by atoms with Crippen LogP contribution in [0, 0.1) is 0 Å². The summed E-state index contributed by atoms with van der Waals surface area (Å²) >= 11 is 0. The number of nitrogens with zero attached hydrogens (tertiary/aromatic N) is 1. The normalized spacial score (nSPS) is 15.2. The first kappa shape index (κ1) is 23.6. The molecule has 8 heteroatoms. The molecule has 0 spiro atoms. The van der Waals surface area contributed by atoms with E-state index in [-0.39, 0.29) is 5.56 Å². The Labute approximate surface area is 187 Å². The van der Waals surface area contributed by atoms with Gasteiger partial charge in [0.15, 0.2) is 11.5 Å². The van der Waals surface area contributed by atoms with Crippen molar-refractivity contribution in [2.75, 3.05) is 21.3 Å². The molecule has 1 aromatic carbocycles. The number of fused-ring (bicyclic) bond motifs is 1. The van der Waals surface area contributed by atoms with E-state index in [9.17, 15) is 14.4 Å². The second kappa shape index (κ2) is 10.1. The minimum absolute atomic E-state index is 0.00493. The van der Waals surface area contributed by atoms with Gasteiger partial charge >= 0.3 is 5.97 Å². The minimum atomic E-state index is -1.10. The highest BCUT2D eigenvalue weighted by atomic mass is 16.5. The molecule has 32 heavy (non-hydrogen) atoms. The van der Waals surface area contributed by atoms with E-state index in [1.54, 1.807) is 22.8 Å². The van der Waals surface area contributed by atoms with Gasteiger partial charge in [-0.3, -0.25) is 9.59 Å². The fraction of sp³-hybridized carbons (Fsp3) is 0.542. The Balaban J connectivity index is 2.14. The molecule has 1 amide bonds. The van der Waals surface area contributed by atoms with Crippen LogP contribution >= 0.6 is 0 Å². The van der Waals surface area contributed by atoms with Gasteiger partial charge in [0.05, 0.1) is 26.8 Å². The Bertz CT molecular complexity index is 1050. The summed E-state index contributed by atoms with van der Waals surface area (Å²) in [6, 6.07) is 5.10. The average Bonchev–Trinajstić information content (AvgIpc) is 2.82. The number of hydrogen-bond acceptors (Lipinski definition) is 6. The van der Waals surface area contributed by atoms with Gasteiger partial charge in [0.2, 0.25) is 0 Å². The molecule has 0 radical (unpaired) electrons. The van der Waals surface area contributed by atoms with Gasteiger partial charge in [-0.2, -0.15) is 0 Å². The Kier molecular flexibility index (Phi) is 7.43. The van der Waals surface area contributed by atoms with Crippen LogP contribution < -0.4 is 20.3 Å². The molecule has 1 saturated carbocycles. The van der Waals surface area contributed by atoms with Crippen molar-refractivity contribution >= 4 is 22.8 Å². The number of pyridine rings is 1. The number of hydrogen-bond donors (Lipinski definition) is 1. The lowest BCUT2D eigenvalue weighted by atomic mass is 9.81. The highest BCUT2D eigenvalue weighted by Crippen LogP contribution is 2.35. The monoisotopic (exact) mass is 444 g/mol. The van der Waals surface area contributed by atoms with Gasteiger partial charge in [0.25, 0.3) is 11.5 Å². The van der Waals surface area contributed by atoms with Crippen molar-refractivity contribution in [1.82, 2.24) is 9.88 Å². The lowest BCUT2D eigenvalue weighted by Gasteiger charge is -2.35. The SMILES string of the molecule is CCCCn1c(=O)c(C(=O)NC2(C(=O)OC)CCCCC2)cc2ccc(OC)c(OC)c21. The van der Waals surface area contributed by atoms with Gasteiger partial charge < -0.3 is 24.1 Å². The van der Waals surface area contributed by atoms with Crippen molar-refractivity contribution in [3.63, 3.8) is 0 Å². The third-order valence-corrected chi connectivity index (χ3v) is 6.21. The molecule has 0 aliphatic heterocycles. The summed E-state index contributed by atoms with van der Waals surface area (Å²) in [4.78, 5) is 39.4. The molecule has 0 unspecified atom stereocenters. The molecule has 3 rings (SSSR count). The van der Waals surface area contributed by atoms with E-state index in [0.29, 0.717) is 41.8 Å². The number of esters is 1. The van der Waals surface area contributed by atoms with Crippen LogP contribution in [-0.4, -0.2) is 43.3 Å². The summed E-state index contributed by atoms with van der Waals surface area (Å²) in [5.74, 6) is -0.0783. The quantitative estimate of drug-likeness (QED) is 0.627. The molecule has 0 bridgehead atoms. The highest BCUT2D eigenvalue weighted by molar-refractivity contribution is 6.01. The van der Waals surface area contributed by atoms with Gasteiger partial charge in [0.1, 0.15) is 11.1 Å². The number of amides is 1. The number of nitrogens with one attached hydrogen (secondary N) is 1. The summed E-state index contributed by atoms with van der Waals surface area (Å²) in [7, 11) is 4.38. The zero-order chi connectivity index (χ0) is 23.3. The Morgan fingerprint density at radius 1 is 1.09 bits per heavy atom. The van der Waals surface area contributed by atoms with Crippen LogP contribution in [0.15, 0.2) is 23.0 Å². The zero-order valence-corrected chi connectivity index (χ0v) is 19.3. The van der Waals surface area contributed by atoms with E-state index in [4.69, 9.17) is 14.2 Å². The summed E-state index contributed by atoms with van der Waals surface area (Å²) in [5.41, 5.74) is -0.945. The second-order valence-electron chi connectivity index (χ2n) is 8.20. The van der Waals surface area contributed by atoms with Crippen molar-refractivity contribution in [2.24, 2.45) is 0 Å². The molecule has 1 aromatic heterocycles. The molecule has 0 saturated heterocycles.